The van der Waals surface area contributed by atoms with Crippen molar-refractivity contribution in [3.63, 3.8) is 0 Å². The third-order valence-electron chi connectivity index (χ3n) is 6.89. The van der Waals surface area contributed by atoms with E-state index < -0.39 is 6.10 Å². The number of piperidine rings is 1. The Balaban J connectivity index is 1.25. The van der Waals surface area contributed by atoms with Crippen LogP contribution in [0.3, 0.4) is 0 Å². The molecule has 1 aromatic heterocycles. The molecule has 8 nitrogen and oxygen atoms in total. The lowest BCUT2D eigenvalue weighted by molar-refractivity contribution is -0.129. The quantitative estimate of drug-likeness (QED) is 0.579. The molecule has 0 spiro atoms. The number of pyridine rings is 1. The number of carbonyl (C=O) groups is 2. The monoisotopic (exact) mass is 465 g/mol. The Morgan fingerprint density at radius 3 is 2.65 bits per heavy atom. The number of carbonyl (C=O) groups excluding carboxylic acids is 2. The fourth-order valence-electron chi connectivity index (χ4n) is 4.82. The highest BCUT2D eigenvalue weighted by Crippen LogP contribution is 2.23. The summed E-state index contributed by atoms with van der Waals surface area (Å²) in [5.41, 5.74) is 3.19. The number of nitrogens with one attached hydrogen (secondary N) is 2. The Kier molecular flexibility index (Phi) is 7.80. The van der Waals surface area contributed by atoms with Crippen LogP contribution in [-0.2, 0) is 17.8 Å². The summed E-state index contributed by atoms with van der Waals surface area (Å²) in [7, 11) is 0. The second-order valence-electron chi connectivity index (χ2n) is 9.47. The summed E-state index contributed by atoms with van der Waals surface area (Å²) < 4.78 is 0. The Morgan fingerprint density at radius 2 is 1.91 bits per heavy atom. The maximum Gasteiger partial charge on any atom is 0.251 e. The number of anilines is 1. The van der Waals surface area contributed by atoms with E-state index in [-0.39, 0.29) is 24.4 Å². The number of amides is 2. The zero-order valence-corrected chi connectivity index (χ0v) is 20.0. The number of rotatable bonds is 7. The molecule has 2 unspecified atom stereocenters. The molecule has 2 aromatic rings. The van der Waals surface area contributed by atoms with Crippen LogP contribution in [0.5, 0.6) is 0 Å². The van der Waals surface area contributed by atoms with E-state index in [1.807, 2.05) is 4.90 Å². The highest BCUT2D eigenvalue weighted by Gasteiger charge is 2.25. The van der Waals surface area contributed by atoms with Crippen LogP contribution in [0, 0.1) is 0 Å². The van der Waals surface area contributed by atoms with Gasteiger partial charge in [-0.25, -0.2) is 4.98 Å². The first-order valence-electron chi connectivity index (χ1n) is 12.1. The maximum atomic E-state index is 12.7. The minimum Gasteiger partial charge on any atom is -0.390 e. The van der Waals surface area contributed by atoms with Gasteiger partial charge >= 0.3 is 0 Å². The van der Waals surface area contributed by atoms with E-state index in [4.69, 9.17) is 0 Å². The molecule has 0 saturated carbocycles. The third kappa shape index (κ3) is 6.12. The molecule has 2 aliphatic heterocycles. The Hall–Kier alpha value is -2.97. The molecule has 1 aromatic carbocycles. The van der Waals surface area contributed by atoms with Gasteiger partial charge in [0.25, 0.3) is 5.91 Å². The summed E-state index contributed by atoms with van der Waals surface area (Å²) in [6.45, 7) is 6.75. The molecule has 2 aliphatic rings. The normalized spacial score (nSPS) is 19.9. The number of likely N-dealkylation sites (tertiary alicyclic amines) is 1. The topological polar surface area (TPSA) is 97.8 Å². The number of aromatic nitrogens is 1. The molecule has 34 heavy (non-hydrogen) atoms. The van der Waals surface area contributed by atoms with Gasteiger partial charge < -0.3 is 20.6 Å². The number of β-amino-alcohol motifs (C(OH)–C–C–N with tert-alkyl or cyclic N) is 1. The molecule has 0 bridgehead atoms. The van der Waals surface area contributed by atoms with Gasteiger partial charge in [-0.3, -0.25) is 14.5 Å². The van der Waals surface area contributed by atoms with E-state index in [0.717, 1.165) is 38.9 Å². The smallest absolute Gasteiger partial charge is 0.251 e. The van der Waals surface area contributed by atoms with Gasteiger partial charge in [-0.15, -0.1) is 0 Å². The summed E-state index contributed by atoms with van der Waals surface area (Å²) in [6.07, 6.45) is 3.63. The second-order valence-corrected chi connectivity index (χ2v) is 9.47. The number of nitrogens with zero attached hydrogens (tertiary/aromatic N) is 3. The first-order valence-corrected chi connectivity index (χ1v) is 12.1. The molecule has 1 fully saturated rings. The third-order valence-corrected chi connectivity index (χ3v) is 6.89. The van der Waals surface area contributed by atoms with Crippen LogP contribution >= 0.6 is 0 Å². The molecule has 8 heteroatoms. The fraction of sp³-hybridized carbons (Fsp3) is 0.500. The van der Waals surface area contributed by atoms with Crippen molar-refractivity contribution in [1.29, 1.82) is 0 Å². The van der Waals surface area contributed by atoms with Gasteiger partial charge in [-0.2, -0.15) is 0 Å². The highest BCUT2D eigenvalue weighted by molar-refractivity contribution is 5.94. The molecule has 1 saturated heterocycles. The molecular formula is C26H35N5O3. The average Bonchev–Trinajstić information content (AvgIpc) is 2.83. The Labute approximate surface area is 201 Å². The first-order chi connectivity index (χ1) is 16.4. The first kappa shape index (κ1) is 24.2. The fourth-order valence-corrected chi connectivity index (χ4v) is 4.82. The van der Waals surface area contributed by atoms with Crippen LogP contribution < -0.4 is 10.6 Å². The van der Waals surface area contributed by atoms with Crippen LogP contribution in [0.2, 0.25) is 0 Å². The molecule has 3 N–H and O–H groups in total. The van der Waals surface area contributed by atoms with Gasteiger partial charge in [-0.1, -0.05) is 24.3 Å². The van der Waals surface area contributed by atoms with Gasteiger partial charge in [0.2, 0.25) is 5.91 Å². The van der Waals surface area contributed by atoms with Crippen molar-refractivity contribution >= 4 is 17.6 Å². The molecule has 4 rings (SSSR count). The van der Waals surface area contributed by atoms with Gasteiger partial charge in [0.1, 0.15) is 5.82 Å². The molecule has 0 radical (unpaired) electrons. The minimum absolute atomic E-state index is 0.108. The highest BCUT2D eigenvalue weighted by atomic mass is 16.3. The largest absolute Gasteiger partial charge is 0.390 e. The maximum absolute atomic E-state index is 12.7. The zero-order valence-electron chi connectivity index (χ0n) is 20.0. The van der Waals surface area contributed by atoms with Crippen molar-refractivity contribution in [2.75, 3.05) is 31.5 Å². The summed E-state index contributed by atoms with van der Waals surface area (Å²) in [4.78, 5) is 32.7. The summed E-state index contributed by atoms with van der Waals surface area (Å²) >= 11 is 0. The van der Waals surface area contributed by atoms with E-state index in [1.54, 1.807) is 25.3 Å². The van der Waals surface area contributed by atoms with Crippen molar-refractivity contribution in [2.45, 2.75) is 57.8 Å². The lowest BCUT2D eigenvalue weighted by atomic mass is 9.94. The van der Waals surface area contributed by atoms with E-state index in [1.165, 1.54) is 11.1 Å². The lowest BCUT2D eigenvalue weighted by Crippen LogP contribution is -2.45. The standard InChI is InChI=1S/C26H35N5O3/c1-18-13-20-5-3-4-6-22(20)16-31(18)17-24(33)15-28-26(34)21-7-10-27-25(14-21)29-23-8-11-30(12-9-23)19(2)32/h3-7,10,14,18,23-24,33H,8-9,11-13,15-17H2,1-2H3,(H,27,29)(H,28,34). The Bertz CT molecular complexity index is 1010. The lowest BCUT2D eigenvalue weighted by Gasteiger charge is -2.36. The Morgan fingerprint density at radius 1 is 1.18 bits per heavy atom. The van der Waals surface area contributed by atoms with Crippen LogP contribution in [0.25, 0.3) is 0 Å². The van der Waals surface area contributed by atoms with Crippen LogP contribution in [0.1, 0.15) is 48.2 Å². The number of fused-ring (bicyclic) bond motifs is 1. The van der Waals surface area contributed by atoms with E-state index >= 15 is 0 Å². The number of aliphatic hydroxyl groups is 1. The van der Waals surface area contributed by atoms with E-state index in [2.05, 4.69) is 51.7 Å². The van der Waals surface area contributed by atoms with Crippen LogP contribution in [-0.4, -0.2) is 76.1 Å². The predicted octanol–water partition coefficient (Wildman–Crippen LogP) is 2.04. The molecular weight excluding hydrogens is 430 g/mol. The van der Waals surface area contributed by atoms with Gasteiger partial charge in [0.15, 0.2) is 0 Å². The molecule has 0 aliphatic carbocycles. The van der Waals surface area contributed by atoms with Gasteiger partial charge in [0, 0.05) is 63.5 Å². The average molecular weight is 466 g/mol. The van der Waals surface area contributed by atoms with Crippen molar-refractivity contribution in [2.24, 2.45) is 0 Å². The second kappa shape index (κ2) is 11.0. The number of benzene rings is 1. The number of aliphatic hydroxyl groups excluding tert-OH is 1. The van der Waals surface area contributed by atoms with Gasteiger partial charge in [-0.05, 0) is 49.4 Å². The van der Waals surface area contributed by atoms with Crippen molar-refractivity contribution in [1.82, 2.24) is 20.1 Å². The van der Waals surface area contributed by atoms with Crippen LogP contribution in [0.15, 0.2) is 42.6 Å². The number of hydrogen-bond donors (Lipinski definition) is 3. The number of hydrogen-bond acceptors (Lipinski definition) is 6. The summed E-state index contributed by atoms with van der Waals surface area (Å²) in [5.74, 6) is 0.528. The minimum atomic E-state index is -0.650. The van der Waals surface area contributed by atoms with Crippen molar-refractivity contribution < 1.29 is 14.7 Å². The van der Waals surface area contributed by atoms with Crippen molar-refractivity contribution in [3.05, 3.63) is 59.3 Å². The van der Waals surface area contributed by atoms with E-state index in [0.29, 0.717) is 24.0 Å². The molecule has 2 amide bonds. The van der Waals surface area contributed by atoms with Crippen molar-refractivity contribution in [3.8, 4) is 0 Å². The summed E-state index contributed by atoms with van der Waals surface area (Å²) in [6, 6.07) is 12.4. The summed E-state index contributed by atoms with van der Waals surface area (Å²) in [5, 5.41) is 16.8. The molecule has 2 atom stereocenters. The molecule has 182 valence electrons. The van der Waals surface area contributed by atoms with Gasteiger partial charge in [0.05, 0.1) is 6.10 Å². The molecule has 3 heterocycles. The van der Waals surface area contributed by atoms with E-state index in [9.17, 15) is 14.7 Å². The zero-order chi connectivity index (χ0) is 24.1. The van der Waals surface area contributed by atoms with Crippen LogP contribution in [0.4, 0.5) is 5.82 Å². The SMILES string of the molecule is CC(=O)N1CCC(Nc2cc(C(=O)NCC(O)CN3Cc4ccccc4CC3C)ccn2)CC1. The predicted molar refractivity (Wildman–Crippen MR) is 131 cm³/mol.